The second-order valence-electron chi connectivity index (χ2n) is 9.70. The number of rotatable bonds is 3. The summed E-state index contributed by atoms with van der Waals surface area (Å²) in [5, 5.41) is 7.56. The number of hydrogen-bond acceptors (Lipinski definition) is 1. The second kappa shape index (κ2) is 8.72. The normalized spacial score (nSPS) is 11.4. The Kier molecular flexibility index (Phi) is 5.08. The smallest absolute Gasteiger partial charge is 0.0704 e. The fourth-order valence-corrected chi connectivity index (χ4v) is 5.61. The number of aromatic nitrogens is 1. The number of aryl methyl sites for hydroxylation is 1. The second-order valence-corrected chi connectivity index (χ2v) is 9.70. The first-order valence-corrected chi connectivity index (χ1v) is 12.7. The third kappa shape index (κ3) is 3.68. The highest BCUT2D eigenvalue weighted by Gasteiger charge is 2.16. The lowest BCUT2D eigenvalue weighted by molar-refractivity contribution is 1.29. The van der Waals surface area contributed by atoms with Gasteiger partial charge in [-0.2, -0.15) is 0 Å². The summed E-state index contributed by atoms with van der Waals surface area (Å²) in [5.74, 6) is 0. The van der Waals surface area contributed by atoms with E-state index in [9.17, 15) is 0 Å². The fourth-order valence-electron chi connectivity index (χ4n) is 5.61. The number of benzene rings is 6. The standard InChI is InChI=1S/C36H25N/c1-24-19-20-37-34(21-24)27-17-15-25-16-18-28(23-29(25)22-27)36-32-13-7-5-11-30(32)35(26-9-3-2-4-10-26)31-12-6-8-14-33(31)36/h2-23H,1H3. The largest absolute Gasteiger partial charge is 0.256 e. The molecule has 0 bridgehead atoms. The molecular formula is C36H25N. The Morgan fingerprint density at radius 3 is 1.59 bits per heavy atom. The summed E-state index contributed by atoms with van der Waals surface area (Å²) in [6.45, 7) is 2.11. The first-order valence-electron chi connectivity index (χ1n) is 12.7. The van der Waals surface area contributed by atoms with Crippen molar-refractivity contribution < 1.29 is 0 Å². The molecule has 1 heterocycles. The van der Waals surface area contributed by atoms with Crippen molar-refractivity contribution in [2.45, 2.75) is 6.92 Å². The molecule has 0 aliphatic heterocycles. The fraction of sp³-hybridized carbons (Fsp3) is 0.0278. The van der Waals surface area contributed by atoms with Gasteiger partial charge in [0.25, 0.3) is 0 Å². The predicted octanol–water partition coefficient (Wildman–Crippen LogP) is 9.85. The molecule has 7 rings (SSSR count). The lowest BCUT2D eigenvalue weighted by Crippen LogP contribution is -1.91. The van der Waals surface area contributed by atoms with Crippen LogP contribution in [0.4, 0.5) is 0 Å². The summed E-state index contributed by atoms with van der Waals surface area (Å²) >= 11 is 0. The molecule has 0 N–H and O–H groups in total. The maximum atomic E-state index is 4.62. The van der Waals surface area contributed by atoms with E-state index in [-0.39, 0.29) is 0 Å². The Hall–Kier alpha value is -4.75. The van der Waals surface area contributed by atoms with Crippen LogP contribution in [0.1, 0.15) is 5.56 Å². The molecule has 0 saturated carbocycles. The van der Waals surface area contributed by atoms with E-state index in [1.807, 2.05) is 12.3 Å². The van der Waals surface area contributed by atoms with Gasteiger partial charge in [0.2, 0.25) is 0 Å². The number of nitrogens with zero attached hydrogens (tertiary/aromatic N) is 1. The van der Waals surface area contributed by atoms with E-state index in [4.69, 9.17) is 0 Å². The van der Waals surface area contributed by atoms with Crippen LogP contribution in [0.25, 0.3) is 65.8 Å². The molecule has 6 aromatic carbocycles. The van der Waals surface area contributed by atoms with Crippen LogP contribution >= 0.6 is 0 Å². The molecule has 0 fully saturated rings. The van der Waals surface area contributed by atoms with Crippen molar-refractivity contribution in [3.63, 3.8) is 0 Å². The van der Waals surface area contributed by atoms with Gasteiger partial charge in [-0.1, -0.05) is 103 Å². The van der Waals surface area contributed by atoms with E-state index in [0.29, 0.717) is 0 Å². The van der Waals surface area contributed by atoms with Crippen LogP contribution < -0.4 is 0 Å². The highest BCUT2D eigenvalue weighted by atomic mass is 14.7. The van der Waals surface area contributed by atoms with Gasteiger partial charge in [-0.05, 0) is 91.3 Å². The monoisotopic (exact) mass is 471 g/mol. The van der Waals surface area contributed by atoms with Crippen molar-refractivity contribution in [1.29, 1.82) is 0 Å². The molecule has 1 nitrogen and oxygen atoms in total. The average Bonchev–Trinajstić information content (AvgIpc) is 2.95. The van der Waals surface area contributed by atoms with E-state index in [1.165, 1.54) is 60.1 Å². The first kappa shape index (κ1) is 21.5. The van der Waals surface area contributed by atoms with Crippen LogP contribution in [0.3, 0.4) is 0 Å². The van der Waals surface area contributed by atoms with Crippen molar-refractivity contribution in [2.75, 3.05) is 0 Å². The number of pyridine rings is 1. The average molecular weight is 472 g/mol. The molecule has 0 spiro atoms. The zero-order valence-electron chi connectivity index (χ0n) is 20.6. The third-order valence-corrected chi connectivity index (χ3v) is 7.33. The molecule has 0 unspecified atom stereocenters. The molecule has 0 saturated heterocycles. The molecule has 0 aliphatic rings. The summed E-state index contributed by atoms with van der Waals surface area (Å²) in [5.41, 5.74) is 8.42. The molecule has 0 amide bonds. The minimum Gasteiger partial charge on any atom is -0.256 e. The van der Waals surface area contributed by atoms with E-state index >= 15 is 0 Å². The molecule has 0 atom stereocenters. The summed E-state index contributed by atoms with van der Waals surface area (Å²) in [4.78, 5) is 4.62. The Balaban J connectivity index is 1.52. The van der Waals surface area contributed by atoms with E-state index < -0.39 is 0 Å². The van der Waals surface area contributed by atoms with Crippen molar-refractivity contribution in [1.82, 2.24) is 4.98 Å². The Morgan fingerprint density at radius 1 is 0.432 bits per heavy atom. The van der Waals surface area contributed by atoms with Crippen LogP contribution in [0.2, 0.25) is 0 Å². The van der Waals surface area contributed by atoms with Crippen molar-refractivity contribution in [2.24, 2.45) is 0 Å². The summed E-state index contributed by atoms with van der Waals surface area (Å²) in [6.07, 6.45) is 1.89. The molecule has 174 valence electrons. The highest BCUT2D eigenvalue weighted by Crippen LogP contribution is 2.44. The lowest BCUT2D eigenvalue weighted by atomic mass is 9.85. The molecule has 1 heteroatoms. The van der Waals surface area contributed by atoms with Gasteiger partial charge < -0.3 is 0 Å². The maximum Gasteiger partial charge on any atom is 0.0704 e. The van der Waals surface area contributed by atoms with Gasteiger partial charge in [-0.3, -0.25) is 4.98 Å². The predicted molar refractivity (Wildman–Crippen MR) is 158 cm³/mol. The van der Waals surface area contributed by atoms with Crippen LogP contribution in [0, 0.1) is 6.92 Å². The quantitative estimate of drug-likeness (QED) is 0.234. The van der Waals surface area contributed by atoms with E-state index in [2.05, 4.69) is 133 Å². The zero-order chi connectivity index (χ0) is 24.8. The van der Waals surface area contributed by atoms with Crippen LogP contribution in [0.15, 0.2) is 134 Å². The van der Waals surface area contributed by atoms with Crippen molar-refractivity contribution in [3.05, 3.63) is 139 Å². The zero-order valence-corrected chi connectivity index (χ0v) is 20.6. The minimum atomic E-state index is 1.01. The molecule has 37 heavy (non-hydrogen) atoms. The van der Waals surface area contributed by atoms with E-state index in [1.54, 1.807) is 0 Å². The van der Waals surface area contributed by atoms with E-state index in [0.717, 1.165) is 11.3 Å². The Morgan fingerprint density at radius 2 is 0.973 bits per heavy atom. The maximum absolute atomic E-state index is 4.62. The molecule has 0 radical (unpaired) electrons. The number of hydrogen-bond donors (Lipinski definition) is 0. The number of fused-ring (bicyclic) bond motifs is 3. The molecule has 1 aromatic heterocycles. The lowest BCUT2D eigenvalue weighted by Gasteiger charge is -2.18. The van der Waals surface area contributed by atoms with Gasteiger partial charge in [0.05, 0.1) is 5.69 Å². The van der Waals surface area contributed by atoms with Gasteiger partial charge in [0.15, 0.2) is 0 Å². The Bertz CT molecular complexity index is 1880. The van der Waals surface area contributed by atoms with Crippen LogP contribution in [0.5, 0.6) is 0 Å². The topological polar surface area (TPSA) is 12.9 Å². The summed E-state index contributed by atoms with van der Waals surface area (Å²) in [6, 6.07) is 46.1. The first-order chi connectivity index (χ1) is 18.3. The molecule has 0 aliphatic carbocycles. The molecular weight excluding hydrogens is 446 g/mol. The third-order valence-electron chi connectivity index (χ3n) is 7.33. The summed E-state index contributed by atoms with van der Waals surface area (Å²) in [7, 11) is 0. The SMILES string of the molecule is Cc1ccnc(-c2ccc3ccc(-c4c5ccccc5c(-c5ccccc5)c5ccccc45)cc3c2)c1. The van der Waals surface area contributed by atoms with Gasteiger partial charge in [-0.15, -0.1) is 0 Å². The Labute approximate surface area is 216 Å². The van der Waals surface area contributed by atoms with Crippen LogP contribution in [-0.4, -0.2) is 4.98 Å². The van der Waals surface area contributed by atoms with Gasteiger partial charge in [-0.25, -0.2) is 0 Å². The summed E-state index contributed by atoms with van der Waals surface area (Å²) < 4.78 is 0. The van der Waals surface area contributed by atoms with Crippen LogP contribution in [-0.2, 0) is 0 Å². The van der Waals surface area contributed by atoms with Gasteiger partial charge in [0.1, 0.15) is 0 Å². The molecule has 7 aromatic rings. The van der Waals surface area contributed by atoms with Crippen molar-refractivity contribution >= 4 is 32.3 Å². The van der Waals surface area contributed by atoms with Gasteiger partial charge in [0, 0.05) is 11.8 Å². The highest BCUT2D eigenvalue weighted by molar-refractivity contribution is 6.21. The van der Waals surface area contributed by atoms with Gasteiger partial charge >= 0.3 is 0 Å². The minimum absolute atomic E-state index is 1.01. The van der Waals surface area contributed by atoms with Crippen molar-refractivity contribution in [3.8, 4) is 33.5 Å².